The SMILES string of the molecule is CCc1ncc(CNc2cc(Br)ccc2N(C)C)s1. The maximum Gasteiger partial charge on any atom is 0.0925 e. The van der Waals surface area contributed by atoms with Gasteiger partial charge in [-0.2, -0.15) is 0 Å². The summed E-state index contributed by atoms with van der Waals surface area (Å²) in [4.78, 5) is 7.76. The van der Waals surface area contributed by atoms with Gasteiger partial charge in [0.15, 0.2) is 0 Å². The van der Waals surface area contributed by atoms with Crippen LogP contribution in [0.15, 0.2) is 28.9 Å². The van der Waals surface area contributed by atoms with Crippen molar-refractivity contribution in [3.05, 3.63) is 38.8 Å². The summed E-state index contributed by atoms with van der Waals surface area (Å²) in [5, 5.41) is 4.68. The normalized spacial score (nSPS) is 10.5. The fourth-order valence-corrected chi connectivity index (χ4v) is 2.98. The van der Waals surface area contributed by atoms with Crippen LogP contribution in [-0.4, -0.2) is 19.1 Å². The number of hydrogen-bond acceptors (Lipinski definition) is 4. The number of aryl methyl sites for hydroxylation is 1. The van der Waals surface area contributed by atoms with Crippen molar-refractivity contribution >= 4 is 38.6 Å². The van der Waals surface area contributed by atoms with Crippen LogP contribution in [0.2, 0.25) is 0 Å². The van der Waals surface area contributed by atoms with Crippen molar-refractivity contribution < 1.29 is 0 Å². The zero-order chi connectivity index (χ0) is 13.8. The van der Waals surface area contributed by atoms with Crippen LogP contribution in [0, 0.1) is 0 Å². The molecule has 2 aromatic rings. The fraction of sp³-hybridized carbons (Fsp3) is 0.357. The van der Waals surface area contributed by atoms with Gasteiger partial charge >= 0.3 is 0 Å². The number of rotatable bonds is 5. The topological polar surface area (TPSA) is 28.2 Å². The molecule has 2 rings (SSSR count). The molecule has 5 heteroatoms. The van der Waals surface area contributed by atoms with E-state index in [0.29, 0.717) is 0 Å². The molecule has 0 aliphatic heterocycles. The van der Waals surface area contributed by atoms with Crippen molar-refractivity contribution in [2.45, 2.75) is 19.9 Å². The first-order valence-electron chi connectivity index (χ1n) is 6.24. The van der Waals surface area contributed by atoms with E-state index < -0.39 is 0 Å². The molecule has 0 aliphatic carbocycles. The first kappa shape index (κ1) is 14.3. The zero-order valence-corrected chi connectivity index (χ0v) is 13.8. The number of aromatic nitrogens is 1. The molecule has 1 heterocycles. The van der Waals surface area contributed by atoms with Gasteiger partial charge in [-0.15, -0.1) is 11.3 Å². The van der Waals surface area contributed by atoms with Gasteiger partial charge in [0.1, 0.15) is 0 Å². The second kappa shape index (κ2) is 6.39. The van der Waals surface area contributed by atoms with Gasteiger partial charge in [0.2, 0.25) is 0 Å². The molecule has 0 atom stereocenters. The lowest BCUT2D eigenvalue weighted by Crippen LogP contribution is -2.12. The Morgan fingerprint density at radius 3 is 2.79 bits per heavy atom. The standard InChI is InChI=1S/C14H18BrN3S/c1-4-14-17-9-11(19-14)8-16-12-7-10(15)5-6-13(12)18(2)3/h5-7,9,16H,4,8H2,1-3H3. The van der Waals surface area contributed by atoms with Crippen molar-refractivity contribution in [1.82, 2.24) is 4.98 Å². The van der Waals surface area contributed by atoms with Crippen molar-refractivity contribution in [3.8, 4) is 0 Å². The lowest BCUT2D eigenvalue weighted by atomic mass is 10.2. The quantitative estimate of drug-likeness (QED) is 0.886. The molecule has 0 unspecified atom stereocenters. The van der Waals surface area contributed by atoms with Crippen LogP contribution in [0.3, 0.4) is 0 Å². The Hall–Kier alpha value is -1.07. The van der Waals surface area contributed by atoms with Gasteiger partial charge in [-0.3, -0.25) is 0 Å². The fourth-order valence-electron chi connectivity index (χ4n) is 1.82. The number of halogens is 1. The molecule has 3 nitrogen and oxygen atoms in total. The number of nitrogens with one attached hydrogen (secondary N) is 1. The number of benzene rings is 1. The van der Waals surface area contributed by atoms with Crippen LogP contribution in [0.25, 0.3) is 0 Å². The van der Waals surface area contributed by atoms with Gasteiger partial charge in [-0.05, 0) is 24.6 Å². The van der Waals surface area contributed by atoms with Crippen LogP contribution in [0.4, 0.5) is 11.4 Å². The Bertz CT molecular complexity index is 551. The van der Waals surface area contributed by atoms with E-state index in [1.165, 1.54) is 15.6 Å². The van der Waals surface area contributed by atoms with E-state index in [1.54, 1.807) is 11.3 Å². The lowest BCUT2D eigenvalue weighted by molar-refractivity contribution is 1.08. The maximum absolute atomic E-state index is 4.38. The van der Waals surface area contributed by atoms with Crippen LogP contribution in [0.1, 0.15) is 16.8 Å². The summed E-state index contributed by atoms with van der Waals surface area (Å²) in [6.07, 6.45) is 2.97. The molecule has 0 fully saturated rings. The average molecular weight is 340 g/mol. The molecular weight excluding hydrogens is 322 g/mol. The highest BCUT2D eigenvalue weighted by molar-refractivity contribution is 9.10. The van der Waals surface area contributed by atoms with Crippen molar-refractivity contribution in [2.75, 3.05) is 24.3 Å². The Morgan fingerprint density at radius 2 is 2.16 bits per heavy atom. The van der Waals surface area contributed by atoms with E-state index in [9.17, 15) is 0 Å². The number of hydrogen-bond donors (Lipinski definition) is 1. The molecule has 0 saturated carbocycles. The summed E-state index contributed by atoms with van der Waals surface area (Å²) in [5.74, 6) is 0. The van der Waals surface area contributed by atoms with E-state index >= 15 is 0 Å². The van der Waals surface area contributed by atoms with Gasteiger partial charge < -0.3 is 10.2 Å². The minimum Gasteiger partial charge on any atom is -0.378 e. The summed E-state index contributed by atoms with van der Waals surface area (Å²) < 4.78 is 1.08. The van der Waals surface area contributed by atoms with Gasteiger partial charge in [0, 0.05) is 29.6 Å². The molecule has 19 heavy (non-hydrogen) atoms. The van der Waals surface area contributed by atoms with Crippen LogP contribution in [0.5, 0.6) is 0 Å². The number of anilines is 2. The summed E-state index contributed by atoms with van der Waals surface area (Å²) in [7, 11) is 4.10. The van der Waals surface area contributed by atoms with Gasteiger partial charge in [-0.1, -0.05) is 22.9 Å². The highest BCUT2D eigenvalue weighted by atomic mass is 79.9. The number of thiazole rings is 1. The van der Waals surface area contributed by atoms with Gasteiger partial charge in [0.25, 0.3) is 0 Å². The minimum absolute atomic E-state index is 0.814. The third-order valence-electron chi connectivity index (χ3n) is 2.80. The molecule has 0 amide bonds. The van der Waals surface area contributed by atoms with Crippen LogP contribution in [-0.2, 0) is 13.0 Å². The smallest absolute Gasteiger partial charge is 0.0925 e. The Kier molecular flexibility index (Phi) is 4.82. The first-order valence-corrected chi connectivity index (χ1v) is 7.85. The van der Waals surface area contributed by atoms with Gasteiger partial charge in [-0.25, -0.2) is 4.98 Å². The molecule has 0 radical (unpaired) electrons. The van der Waals surface area contributed by atoms with E-state index in [0.717, 1.165) is 23.1 Å². The summed E-state index contributed by atoms with van der Waals surface area (Å²) in [5.41, 5.74) is 2.31. The molecule has 0 bridgehead atoms. The molecule has 0 spiro atoms. The maximum atomic E-state index is 4.38. The van der Waals surface area contributed by atoms with E-state index in [2.05, 4.69) is 70.3 Å². The highest BCUT2D eigenvalue weighted by Crippen LogP contribution is 2.28. The van der Waals surface area contributed by atoms with Crippen molar-refractivity contribution in [3.63, 3.8) is 0 Å². The molecular formula is C14H18BrN3S. The summed E-state index contributed by atoms with van der Waals surface area (Å²) in [6.45, 7) is 2.95. The Balaban J connectivity index is 2.12. The summed E-state index contributed by atoms with van der Waals surface area (Å²) >= 11 is 5.29. The average Bonchev–Trinajstić information content (AvgIpc) is 2.84. The highest BCUT2D eigenvalue weighted by Gasteiger charge is 2.06. The lowest BCUT2D eigenvalue weighted by Gasteiger charge is -2.18. The summed E-state index contributed by atoms with van der Waals surface area (Å²) in [6, 6.07) is 6.27. The van der Waals surface area contributed by atoms with Crippen molar-refractivity contribution in [2.24, 2.45) is 0 Å². The molecule has 1 aromatic carbocycles. The molecule has 1 aromatic heterocycles. The third kappa shape index (κ3) is 3.70. The second-order valence-corrected chi connectivity index (χ2v) is 6.60. The van der Waals surface area contributed by atoms with E-state index in [-0.39, 0.29) is 0 Å². The molecule has 1 N–H and O–H groups in total. The largest absolute Gasteiger partial charge is 0.378 e. The minimum atomic E-state index is 0.814. The van der Waals surface area contributed by atoms with Crippen LogP contribution >= 0.6 is 27.3 Å². The first-order chi connectivity index (χ1) is 9.10. The Labute approximate surface area is 126 Å². The molecule has 0 aliphatic rings. The van der Waals surface area contributed by atoms with E-state index in [1.807, 2.05) is 6.20 Å². The predicted octanol–water partition coefficient (Wildman–Crippen LogP) is 4.15. The number of nitrogens with zero attached hydrogens (tertiary/aromatic N) is 2. The predicted molar refractivity (Wildman–Crippen MR) is 87.3 cm³/mol. The van der Waals surface area contributed by atoms with Gasteiger partial charge in [0.05, 0.1) is 22.9 Å². The Morgan fingerprint density at radius 1 is 1.37 bits per heavy atom. The van der Waals surface area contributed by atoms with Crippen LogP contribution < -0.4 is 10.2 Å². The molecule has 102 valence electrons. The monoisotopic (exact) mass is 339 g/mol. The van der Waals surface area contributed by atoms with E-state index in [4.69, 9.17) is 0 Å². The third-order valence-corrected chi connectivity index (χ3v) is 4.43. The molecule has 0 saturated heterocycles. The zero-order valence-electron chi connectivity index (χ0n) is 11.4. The van der Waals surface area contributed by atoms with Crippen molar-refractivity contribution in [1.29, 1.82) is 0 Å². The second-order valence-electron chi connectivity index (χ2n) is 4.48.